The van der Waals surface area contributed by atoms with E-state index in [9.17, 15) is 4.79 Å². The van der Waals surface area contributed by atoms with Crippen molar-refractivity contribution in [3.05, 3.63) is 17.5 Å². The summed E-state index contributed by atoms with van der Waals surface area (Å²) in [4.78, 5) is 19.3. The van der Waals surface area contributed by atoms with E-state index in [0.29, 0.717) is 11.8 Å². The molecule has 2 saturated heterocycles. The van der Waals surface area contributed by atoms with Crippen molar-refractivity contribution in [2.75, 3.05) is 31.6 Å². The minimum Gasteiger partial charge on any atom is -0.380 e. The molecule has 0 bridgehead atoms. The van der Waals surface area contributed by atoms with Crippen LogP contribution in [-0.4, -0.2) is 52.4 Å². The van der Waals surface area contributed by atoms with E-state index in [1.807, 2.05) is 22.4 Å². The van der Waals surface area contributed by atoms with Gasteiger partial charge in [-0.15, -0.1) is 16.4 Å². The number of H-pyrrole nitrogens is 1. The number of aromatic amines is 1. The number of ether oxygens (including phenoxy) is 1. The van der Waals surface area contributed by atoms with Crippen molar-refractivity contribution in [3.63, 3.8) is 0 Å². The monoisotopic (exact) mass is 305 g/mol. The van der Waals surface area contributed by atoms with Crippen LogP contribution >= 0.6 is 11.3 Å². The summed E-state index contributed by atoms with van der Waals surface area (Å²) in [6, 6.07) is 3.76. The molecule has 7 nitrogen and oxygen atoms in total. The lowest BCUT2D eigenvalue weighted by Gasteiger charge is -2.37. The van der Waals surface area contributed by atoms with Crippen molar-refractivity contribution in [2.24, 2.45) is 5.41 Å². The van der Waals surface area contributed by atoms with Crippen LogP contribution in [0.1, 0.15) is 6.42 Å². The summed E-state index contributed by atoms with van der Waals surface area (Å²) in [5.74, 6) is 0.986. The number of thiophene rings is 1. The van der Waals surface area contributed by atoms with E-state index in [1.165, 1.54) is 0 Å². The maximum atomic E-state index is 12.2. The number of rotatable bonds is 2. The van der Waals surface area contributed by atoms with Crippen molar-refractivity contribution in [1.82, 2.24) is 20.1 Å². The first-order valence-electron chi connectivity index (χ1n) is 6.84. The molecule has 2 amide bonds. The summed E-state index contributed by atoms with van der Waals surface area (Å²) in [6.45, 7) is 3.04. The smallest absolute Gasteiger partial charge is 0.324 e. The van der Waals surface area contributed by atoms with Crippen LogP contribution in [0.25, 0.3) is 10.7 Å². The molecule has 2 N–H and O–H groups in total. The first-order valence-corrected chi connectivity index (χ1v) is 7.72. The van der Waals surface area contributed by atoms with E-state index in [4.69, 9.17) is 4.74 Å². The third-order valence-electron chi connectivity index (χ3n) is 4.00. The fraction of sp³-hybridized carbons (Fsp3) is 0.462. The first-order chi connectivity index (χ1) is 10.2. The third-order valence-corrected chi connectivity index (χ3v) is 4.88. The molecule has 21 heavy (non-hydrogen) atoms. The maximum Gasteiger partial charge on any atom is 0.324 e. The largest absolute Gasteiger partial charge is 0.380 e. The summed E-state index contributed by atoms with van der Waals surface area (Å²) in [6.07, 6.45) is 1.01. The molecule has 4 heterocycles. The summed E-state index contributed by atoms with van der Waals surface area (Å²) < 4.78 is 5.26. The molecule has 2 aromatic rings. The van der Waals surface area contributed by atoms with Crippen LogP contribution in [0.5, 0.6) is 0 Å². The molecular weight excluding hydrogens is 290 g/mol. The van der Waals surface area contributed by atoms with Crippen LogP contribution in [0.2, 0.25) is 0 Å². The topological polar surface area (TPSA) is 83.1 Å². The molecular formula is C13H15N5O2S. The summed E-state index contributed by atoms with van der Waals surface area (Å²) in [5.41, 5.74) is 0.193. The zero-order valence-electron chi connectivity index (χ0n) is 11.3. The lowest BCUT2D eigenvalue weighted by atomic mass is 9.85. The summed E-state index contributed by atoms with van der Waals surface area (Å²) in [5, 5.41) is 11.6. The summed E-state index contributed by atoms with van der Waals surface area (Å²) >= 11 is 1.57. The molecule has 8 heteroatoms. The quantitative estimate of drug-likeness (QED) is 0.886. The lowest BCUT2D eigenvalue weighted by Crippen LogP contribution is -2.46. The molecule has 0 aliphatic carbocycles. The van der Waals surface area contributed by atoms with Gasteiger partial charge in [-0.1, -0.05) is 6.07 Å². The van der Waals surface area contributed by atoms with Crippen molar-refractivity contribution >= 4 is 23.3 Å². The van der Waals surface area contributed by atoms with Crippen molar-refractivity contribution in [2.45, 2.75) is 6.42 Å². The standard InChI is InChI=1S/C13H15N5O2S/c19-12(18-4-3-13(6-18)7-20-8-13)15-11-14-10(16-17-11)9-2-1-5-21-9/h1-2,5H,3-4,6-8H2,(H2,14,15,16,17,19). The van der Waals surface area contributed by atoms with E-state index < -0.39 is 0 Å². The van der Waals surface area contributed by atoms with Crippen LogP contribution in [0, 0.1) is 5.41 Å². The fourth-order valence-corrected chi connectivity index (χ4v) is 3.41. The highest BCUT2D eigenvalue weighted by molar-refractivity contribution is 7.13. The number of amides is 2. The second kappa shape index (κ2) is 4.81. The molecule has 2 fully saturated rings. The average Bonchev–Trinajstić information content (AvgIpc) is 3.17. The van der Waals surface area contributed by atoms with Gasteiger partial charge in [0, 0.05) is 18.5 Å². The van der Waals surface area contributed by atoms with Crippen LogP contribution < -0.4 is 5.32 Å². The molecule has 0 saturated carbocycles. The minimum atomic E-state index is -0.143. The Kier molecular flexibility index (Phi) is 2.93. The van der Waals surface area contributed by atoms with Crippen LogP contribution in [-0.2, 0) is 4.74 Å². The zero-order valence-corrected chi connectivity index (χ0v) is 12.2. The molecule has 0 unspecified atom stereocenters. The molecule has 110 valence electrons. The van der Waals surface area contributed by atoms with E-state index in [2.05, 4.69) is 20.5 Å². The number of nitrogens with one attached hydrogen (secondary N) is 2. The Morgan fingerprint density at radius 1 is 1.52 bits per heavy atom. The van der Waals surface area contributed by atoms with Gasteiger partial charge in [-0.3, -0.25) is 10.4 Å². The summed E-state index contributed by atoms with van der Waals surface area (Å²) in [7, 11) is 0. The molecule has 2 aromatic heterocycles. The van der Waals surface area contributed by atoms with Gasteiger partial charge < -0.3 is 9.64 Å². The van der Waals surface area contributed by atoms with Crippen LogP contribution in [0.3, 0.4) is 0 Å². The van der Waals surface area contributed by atoms with Gasteiger partial charge >= 0.3 is 6.03 Å². The predicted octanol–water partition coefficient (Wildman–Crippen LogP) is 1.79. The molecule has 4 rings (SSSR count). The van der Waals surface area contributed by atoms with Gasteiger partial charge in [0.15, 0.2) is 5.82 Å². The Morgan fingerprint density at radius 3 is 3.10 bits per heavy atom. The Labute approximate surface area is 125 Å². The minimum absolute atomic E-state index is 0.143. The van der Waals surface area contributed by atoms with Gasteiger partial charge in [-0.05, 0) is 17.9 Å². The Morgan fingerprint density at radius 2 is 2.43 bits per heavy atom. The van der Waals surface area contributed by atoms with Crippen molar-refractivity contribution < 1.29 is 9.53 Å². The highest BCUT2D eigenvalue weighted by atomic mass is 32.1. The SMILES string of the molecule is O=C(Nc1n[nH]c(-c2cccs2)n1)N1CCC2(COC2)C1. The van der Waals surface area contributed by atoms with Crippen molar-refractivity contribution in [1.29, 1.82) is 0 Å². The Bertz CT molecular complexity index is 649. The number of urea groups is 1. The Balaban J connectivity index is 1.41. The number of hydrogen-bond acceptors (Lipinski definition) is 5. The van der Waals surface area contributed by atoms with Gasteiger partial charge in [-0.25, -0.2) is 4.79 Å². The van der Waals surface area contributed by atoms with E-state index >= 15 is 0 Å². The number of likely N-dealkylation sites (tertiary alicyclic amines) is 1. The zero-order chi connectivity index (χ0) is 14.3. The number of aromatic nitrogens is 3. The second-order valence-corrected chi connectivity index (χ2v) is 6.53. The third kappa shape index (κ3) is 2.30. The van der Waals surface area contributed by atoms with Crippen LogP contribution in [0.4, 0.5) is 10.7 Å². The van der Waals surface area contributed by atoms with E-state index in [1.54, 1.807) is 11.3 Å². The normalized spacial score (nSPS) is 19.7. The molecule has 0 aromatic carbocycles. The highest BCUT2D eigenvalue weighted by Crippen LogP contribution is 2.37. The van der Waals surface area contributed by atoms with Gasteiger partial charge in [-0.2, -0.15) is 4.98 Å². The first kappa shape index (κ1) is 12.8. The lowest BCUT2D eigenvalue weighted by molar-refractivity contribution is -0.103. The Hall–Kier alpha value is -1.93. The average molecular weight is 305 g/mol. The van der Waals surface area contributed by atoms with E-state index in [-0.39, 0.29) is 11.4 Å². The number of carbonyl (C=O) groups is 1. The molecule has 0 atom stereocenters. The van der Waals surface area contributed by atoms with Gasteiger partial charge in [0.2, 0.25) is 0 Å². The maximum absolute atomic E-state index is 12.2. The van der Waals surface area contributed by atoms with Gasteiger partial charge in [0.05, 0.1) is 18.1 Å². The molecule has 2 aliphatic rings. The van der Waals surface area contributed by atoms with Gasteiger partial charge in [0.25, 0.3) is 5.95 Å². The fourth-order valence-electron chi connectivity index (χ4n) is 2.75. The number of nitrogens with zero attached hydrogens (tertiary/aromatic N) is 3. The number of anilines is 1. The van der Waals surface area contributed by atoms with Gasteiger partial charge in [0.1, 0.15) is 0 Å². The molecule has 2 aliphatic heterocycles. The molecule has 0 radical (unpaired) electrons. The van der Waals surface area contributed by atoms with E-state index in [0.717, 1.165) is 37.6 Å². The van der Waals surface area contributed by atoms with Crippen molar-refractivity contribution in [3.8, 4) is 10.7 Å². The highest BCUT2D eigenvalue weighted by Gasteiger charge is 2.45. The predicted molar refractivity (Wildman–Crippen MR) is 78.2 cm³/mol. The number of hydrogen-bond donors (Lipinski definition) is 2. The van der Waals surface area contributed by atoms with Crippen LogP contribution in [0.15, 0.2) is 17.5 Å². The molecule has 1 spiro atoms. The second-order valence-electron chi connectivity index (χ2n) is 5.58. The number of carbonyl (C=O) groups excluding carboxylic acids is 1.